The fraction of sp³-hybridized carbons (Fsp3) is 0.0769. The maximum atomic E-state index is 2.51. The Morgan fingerprint density at radius 1 is 0.192 bits per heavy atom. The van der Waals surface area contributed by atoms with Gasteiger partial charge in [0, 0.05) is 10.8 Å². The molecule has 366 valence electrons. The van der Waals surface area contributed by atoms with Crippen LogP contribution in [0.1, 0.15) is 49.9 Å². The molecule has 2 aliphatic rings. The van der Waals surface area contributed by atoms with Crippen molar-refractivity contribution in [3.8, 4) is 77.9 Å². The molecule has 14 aromatic rings. The average molecular weight is 991 g/mol. The molecule has 0 amide bonds. The van der Waals surface area contributed by atoms with Crippen LogP contribution >= 0.6 is 0 Å². The number of hydrogen-bond acceptors (Lipinski definition) is 0. The van der Waals surface area contributed by atoms with E-state index in [0.29, 0.717) is 0 Å². The monoisotopic (exact) mass is 990 g/mol. The van der Waals surface area contributed by atoms with Crippen LogP contribution in [0.4, 0.5) is 0 Å². The van der Waals surface area contributed by atoms with Gasteiger partial charge >= 0.3 is 0 Å². The summed E-state index contributed by atoms with van der Waals surface area (Å²) in [5, 5.41) is 15.2. The third-order valence-corrected chi connectivity index (χ3v) is 18.2. The van der Waals surface area contributed by atoms with Gasteiger partial charge in [-0.25, -0.2) is 0 Å². The van der Waals surface area contributed by atoms with Crippen molar-refractivity contribution >= 4 is 64.6 Å². The molecule has 14 aromatic carbocycles. The Labute approximate surface area is 455 Å². The second-order valence-corrected chi connectivity index (χ2v) is 23.0. The quantitative estimate of drug-likeness (QED) is 0.119. The molecule has 0 bridgehead atoms. The highest BCUT2D eigenvalue weighted by molar-refractivity contribution is 6.26. The largest absolute Gasteiger partial charge is 0.0619 e. The summed E-state index contributed by atoms with van der Waals surface area (Å²) in [6.45, 7) is 9.56. The van der Waals surface area contributed by atoms with Crippen molar-refractivity contribution in [3.05, 3.63) is 277 Å². The standard InChI is InChI=1S/C78H54/c1-77(2)69-31-17-15-23-56(69)58-40-38-51(45-71(58)77)74-60-25-9-10-26-61(60)75(52-39-41-59-57-24-16-18-32-70(57)78(3,4)72(59)46-52)68-43-49(37-42-66(68)74)47-33-35-48(36-34-47)73-62-27-11-13-29-64(62)76(65-30-14-12-28-63(65)73)67-44-50-19-5-6-20-53(50)54-21-7-8-22-55(54)67/h5-46H,1-4H3. The van der Waals surface area contributed by atoms with Crippen LogP contribution in [0, 0.1) is 0 Å². The van der Waals surface area contributed by atoms with Crippen LogP contribution in [-0.4, -0.2) is 0 Å². The normalized spacial score (nSPS) is 13.8. The lowest BCUT2D eigenvalue weighted by atomic mass is 9.79. The first kappa shape index (κ1) is 44.9. The van der Waals surface area contributed by atoms with Crippen molar-refractivity contribution in [2.75, 3.05) is 0 Å². The van der Waals surface area contributed by atoms with Gasteiger partial charge in [0.15, 0.2) is 0 Å². The zero-order chi connectivity index (χ0) is 52.0. The lowest BCUT2D eigenvalue weighted by Crippen LogP contribution is -2.15. The second kappa shape index (κ2) is 16.6. The molecular weight excluding hydrogens is 937 g/mol. The summed E-state index contributed by atoms with van der Waals surface area (Å²) in [6.07, 6.45) is 0. The highest BCUT2D eigenvalue weighted by Gasteiger charge is 2.37. The fourth-order valence-electron chi connectivity index (χ4n) is 14.5. The SMILES string of the molecule is CC1(C)c2ccccc2-c2ccc(-c3c4ccccc4c(-c4ccc5c(c4)C(C)(C)c4ccccc4-5)c4cc(-c5ccc(-c6c7ccccc7c(-c7cc8ccccc8c8ccccc78)c7ccccc67)cc5)ccc34)cc21. The van der Waals surface area contributed by atoms with E-state index in [1.54, 1.807) is 0 Å². The van der Waals surface area contributed by atoms with E-state index < -0.39 is 0 Å². The van der Waals surface area contributed by atoms with Crippen molar-refractivity contribution < 1.29 is 0 Å². The molecule has 0 atom stereocenters. The van der Waals surface area contributed by atoms with Gasteiger partial charge in [0.05, 0.1) is 0 Å². The number of rotatable bonds is 5. The highest BCUT2D eigenvalue weighted by atomic mass is 14.4. The smallest absolute Gasteiger partial charge is 0.0159 e. The molecule has 0 N–H and O–H groups in total. The van der Waals surface area contributed by atoms with Gasteiger partial charge in [0.25, 0.3) is 0 Å². The summed E-state index contributed by atoms with van der Waals surface area (Å²) < 4.78 is 0. The van der Waals surface area contributed by atoms with Crippen LogP contribution in [0.2, 0.25) is 0 Å². The Morgan fingerprint density at radius 3 is 1.09 bits per heavy atom. The Kier molecular flexibility index (Phi) is 9.54. The van der Waals surface area contributed by atoms with Gasteiger partial charge in [-0.15, -0.1) is 0 Å². The van der Waals surface area contributed by atoms with Crippen molar-refractivity contribution in [2.24, 2.45) is 0 Å². The predicted octanol–water partition coefficient (Wildman–Crippen LogP) is 21.6. The van der Waals surface area contributed by atoms with Crippen molar-refractivity contribution in [1.29, 1.82) is 0 Å². The molecule has 2 aliphatic carbocycles. The topological polar surface area (TPSA) is 0 Å². The van der Waals surface area contributed by atoms with E-state index in [2.05, 4.69) is 282 Å². The predicted molar refractivity (Wildman–Crippen MR) is 334 cm³/mol. The number of fused-ring (bicyclic) bond motifs is 13. The molecule has 0 heteroatoms. The summed E-state index contributed by atoms with van der Waals surface area (Å²) in [7, 11) is 0. The molecule has 0 radical (unpaired) electrons. The van der Waals surface area contributed by atoms with Crippen LogP contribution in [0.25, 0.3) is 143 Å². The van der Waals surface area contributed by atoms with E-state index in [4.69, 9.17) is 0 Å². The summed E-state index contributed by atoms with van der Waals surface area (Å²) in [5.41, 5.74) is 23.2. The van der Waals surface area contributed by atoms with Gasteiger partial charge in [0.2, 0.25) is 0 Å². The van der Waals surface area contributed by atoms with Crippen LogP contribution in [0.3, 0.4) is 0 Å². The molecule has 0 aliphatic heterocycles. The van der Waals surface area contributed by atoms with Gasteiger partial charge in [-0.05, 0) is 189 Å². The first-order chi connectivity index (χ1) is 38.2. The molecule has 78 heavy (non-hydrogen) atoms. The van der Waals surface area contributed by atoms with E-state index >= 15 is 0 Å². The van der Waals surface area contributed by atoms with E-state index in [0.717, 1.165) is 0 Å². The maximum absolute atomic E-state index is 2.51. The van der Waals surface area contributed by atoms with Crippen molar-refractivity contribution in [2.45, 2.75) is 38.5 Å². The van der Waals surface area contributed by atoms with Gasteiger partial charge in [0.1, 0.15) is 0 Å². The molecular formula is C78H54. The number of benzene rings is 14. The summed E-state index contributed by atoms with van der Waals surface area (Å²) in [6, 6.07) is 96.6. The molecule has 0 nitrogen and oxygen atoms in total. The van der Waals surface area contributed by atoms with Gasteiger partial charge < -0.3 is 0 Å². The van der Waals surface area contributed by atoms with Gasteiger partial charge in [-0.1, -0.05) is 258 Å². The Balaban J connectivity index is 0.893. The Morgan fingerprint density at radius 2 is 0.551 bits per heavy atom. The highest BCUT2D eigenvalue weighted by Crippen LogP contribution is 2.54. The molecule has 0 saturated carbocycles. The van der Waals surface area contributed by atoms with Crippen LogP contribution in [0.15, 0.2) is 255 Å². The first-order valence-corrected chi connectivity index (χ1v) is 27.7. The van der Waals surface area contributed by atoms with Gasteiger partial charge in [-0.3, -0.25) is 0 Å². The van der Waals surface area contributed by atoms with E-state index in [1.807, 2.05) is 0 Å². The lowest BCUT2D eigenvalue weighted by molar-refractivity contribution is 0.660. The Bertz CT molecular complexity index is 4830. The first-order valence-electron chi connectivity index (χ1n) is 27.7. The Hall–Kier alpha value is -9.36. The van der Waals surface area contributed by atoms with Gasteiger partial charge in [-0.2, -0.15) is 0 Å². The molecule has 0 unspecified atom stereocenters. The summed E-state index contributed by atoms with van der Waals surface area (Å²) in [4.78, 5) is 0. The third-order valence-electron chi connectivity index (χ3n) is 18.2. The second-order valence-electron chi connectivity index (χ2n) is 23.0. The van der Waals surface area contributed by atoms with Crippen molar-refractivity contribution in [3.63, 3.8) is 0 Å². The summed E-state index contributed by atoms with van der Waals surface area (Å²) in [5.74, 6) is 0. The summed E-state index contributed by atoms with van der Waals surface area (Å²) >= 11 is 0. The minimum absolute atomic E-state index is 0.117. The number of hydrogen-bond donors (Lipinski definition) is 0. The van der Waals surface area contributed by atoms with Crippen LogP contribution in [0.5, 0.6) is 0 Å². The average Bonchev–Trinajstić information content (AvgIpc) is 4.05. The minimum atomic E-state index is -0.128. The van der Waals surface area contributed by atoms with E-state index in [9.17, 15) is 0 Å². The third kappa shape index (κ3) is 6.35. The van der Waals surface area contributed by atoms with Crippen LogP contribution < -0.4 is 0 Å². The zero-order valence-corrected chi connectivity index (χ0v) is 44.2. The van der Waals surface area contributed by atoms with Crippen LogP contribution in [-0.2, 0) is 10.8 Å². The zero-order valence-electron chi connectivity index (χ0n) is 44.2. The molecule has 0 saturated heterocycles. The van der Waals surface area contributed by atoms with E-state index in [1.165, 1.54) is 165 Å². The molecule has 0 aromatic heterocycles. The lowest BCUT2D eigenvalue weighted by Gasteiger charge is -2.24. The fourth-order valence-corrected chi connectivity index (χ4v) is 14.5. The minimum Gasteiger partial charge on any atom is -0.0619 e. The molecule has 16 rings (SSSR count). The molecule has 0 heterocycles. The molecule has 0 spiro atoms. The molecule has 0 fully saturated rings. The maximum Gasteiger partial charge on any atom is 0.0159 e. The van der Waals surface area contributed by atoms with E-state index in [-0.39, 0.29) is 10.8 Å². The van der Waals surface area contributed by atoms with Crippen molar-refractivity contribution in [1.82, 2.24) is 0 Å².